The highest BCUT2D eigenvalue weighted by Gasteiger charge is 2.32. The molecule has 326 valence electrons. The van der Waals surface area contributed by atoms with Crippen molar-refractivity contribution in [1.82, 2.24) is 9.55 Å². The van der Waals surface area contributed by atoms with Gasteiger partial charge in [-0.1, -0.05) is 131 Å². The minimum absolute atomic E-state index is 0.0795. The Labute approximate surface area is 405 Å². The maximum Gasteiger partial charge on any atom is 0.145 e. The van der Waals surface area contributed by atoms with Crippen LogP contribution in [0.2, 0.25) is 0 Å². The average Bonchev–Trinajstić information content (AvgIpc) is 4.16. The monoisotopic (exact) mass is 880 g/mol. The first-order valence-corrected chi connectivity index (χ1v) is 22.4. The van der Waals surface area contributed by atoms with E-state index in [1.165, 1.54) is 0 Å². The summed E-state index contributed by atoms with van der Waals surface area (Å²) in [4.78, 5) is 8.91. The number of furan rings is 1. The van der Waals surface area contributed by atoms with Crippen molar-refractivity contribution in [1.29, 1.82) is 0 Å². The van der Waals surface area contributed by atoms with Gasteiger partial charge in [0.15, 0.2) is 0 Å². The van der Waals surface area contributed by atoms with E-state index in [-0.39, 0.29) is 40.3 Å². The molecule has 1 aliphatic rings. The van der Waals surface area contributed by atoms with E-state index in [9.17, 15) is 5.48 Å². The first-order valence-electron chi connectivity index (χ1n) is 27.4. The van der Waals surface area contributed by atoms with Gasteiger partial charge in [0.2, 0.25) is 0 Å². The smallest absolute Gasteiger partial charge is 0.145 e. The lowest BCUT2D eigenvalue weighted by atomic mass is 9.88. The molecule has 8 aromatic carbocycles. The first-order chi connectivity index (χ1) is 36.8. The zero-order valence-corrected chi connectivity index (χ0v) is 37.6. The SMILES string of the molecule is [2H]c1c([2H])c([2H])c(-c2cc(C(C)C)cc(-c3c([2H])c([2H])c([2H])c([2H])c3[2H])c2N2CN(c3cccc(Oc4ccc5c6c7oc8ccccc8c7ccc6n(-c6cc(C(C)(C)C)ccn6)c5c4)c3)c3ccccc32)c([2H])c1[2H]. The van der Waals surface area contributed by atoms with E-state index in [1.54, 1.807) is 12.1 Å². The number of hydrogen-bond donors (Lipinski definition) is 0. The minimum Gasteiger partial charge on any atom is -0.457 e. The quantitative estimate of drug-likeness (QED) is 0.152. The Hall–Kier alpha value is -8.09. The molecule has 0 unspecified atom stereocenters. The fourth-order valence-corrected chi connectivity index (χ4v) is 9.49. The zero-order chi connectivity index (χ0) is 54.1. The minimum atomic E-state index is -0.551. The molecular formula is C61H50N4O2. The van der Waals surface area contributed by atoms with Gasteiger partial charge < -0.3 is 19.0 Å². The van der Waals surface area contributed by atoms with E-state index in [0.29, 0.717) is 28.4 Å². The van der Waals surface area contributed by atoms with Crippen molar-refractivity contribution in [2.45, 2.75) is 46.0 Å². The van der Waals surface area contributed by atoms with Crippen molar-refractivity contribution in [2.75, 3.05) is 16.5 Å². The van der Waals surface area contributed by atoms with Crippen molar-refractivity contribution in [3.8, 4) is 39.6 Å². The molecule has 0 aliphatic carbocycles. The van der Waals surface area contributed by atoms with Crippen LogP contribution < -0.4 is 14.5 Å². The number of benzene rings is 8. The lowest BCUT2D eigenvalue weighted by molar-refractivity contribution is 0.483. The van der Waals surface area contributed by atoms with Gasteiger partial charge in [-0.15, -0.1) is 0 Å². The van der Waals surface area contributed by atoms with Crippen LogP contribution in [0.15, 0.2) is 198 Å². The fraction of sp³-hybridized carbons (Fsp3) is 0.131. The second kappa shape index (κ2) is 15.8. The Morgan fingerprint density at radius 1 is 0.627 bits per heavy atom. The normalized spacial score (nSPS) is 15.0. The number of ether oxygens (including phenoxy) is 1. The molecule has 0 saturated carbocycles. The molecule has 0 radical (unpaired) electrons. The van der Waals surface area contributed by atoms with E-state index >= 15 is 0 Å². The number of hydrogen-bond acceptors (Lipinski definition) is 5. The summed E-state index contributed by atoms with van der Waals surface area (Å²) in [5.41, 5.74) is 7.87. The third kappa shape index (κ3) is 6.91. The summed E-state index contributed by atoms with van der Waals surface area (Å²) >= 11 is 0. The van der Waals surface area contributed by atoms with Crippen LogP contribution in [-0.4, -0.2) is 16.2 Å². The van der Waals surface area contributed by atoms with Crippen LogP contribution >= 0.6 is 0 Å². The van der Waals surface area contributed by atoms with Gasteiger partial charge in [-0.3, -0.25) is 4.57 Å². The van der Waals surface area contributed by atoms with Crippen molar-refractivity contribution >= 4 is 66.5 Å². The third-order valence-corrected chi connectivity index (χ3v) is 12.8. The molecule has 12 rings (SSSR count). The van der Waals surface area contributed by atoms with E-state index in [2.05, 4.69) is 66.6 Å². The number of rotatable bonds is 8. The summed E-state index contributed by atoms with van der Waals surface area (Å²) in [7, 11) is 0. The van der Waals surface area contributed by atoms with Crippen LogP contribution in [0.3, 0.4) is 0 Å². The molecule has 4 heterocycles. The number of pyridine rings is 1. The van der Waals surface area contributed by atoms with Crippen LogP contribution in [0.25, 0.3) is 71.8 Å². The maximum atomic E-state index is 9.24. The number of aromatic nitrogens is 2. The van der Waals surface area contributed by atoms with Crippen LogP contribution in [0.4, 0.5) is 22.7 Å². The molecule has 0 fully saturated rings. The number of nitrogens with zero attached hydrogens (tertiary/aromatic N) is 4. The van der Waals surface area contributed by atoms with E-state index in [0.717, 1.165) is 66.5 Å². The number of para-hydroxylation sites is 3. The molecular weight excluding hydrogens is 821 g/mol. The molecule has 0 atom stereocenters. The molecule has 1 aliphatic heterocycles. The molecule has 0 saturated heterocycles. The standard InChI is InChI=1S/C61H50N4O2/c1-39(2)42-33-50(40-17-8-6-9-18-40)59(51(34-42)41-19-10-7-11-20-41)64-38-63(52-24-13-14-25-53(52)64)44-21-16-22-45(36-44)66-46-27-28-49-55(37-46)65(57-35-43(31-32-62-57)61(3,4)5)54-30-29-48-47-23-12-15-26-56(47)67-60(48)58(49)54/h6-37,39H,38H2,1-5H3/i6D,7D,8D,9D,10D,11D,17D,18D,19D,20D. The molecule has 0 amide bonds. The predicted molar refractivity (Wildman–Crippen MR) is 278 cm³/mol. The Bertz CT molecular complexity index is 4150. The lowest BCUT2D eigenvalue weighted by Crippen LogP contribution is -2.25. The van der Waals surface area contributed by atoms with E-state index in [1.807, 2.05) is 104 Å². The molecule has 0 N–H and O–H groups in total. The van der Waals surface area contributed by atoms with Gasteiger partial charge in [0.05, 0.1) is 47.2 Å². The number of fused-ring (bicyclic) bond motifs is 8. The van der Waals surface area contributed by atoms with Gasteiger partial charge >= 0.3 is 0 Å². The topological polar surface area (TPSA) is 46.7 Å². The molecule has 0 bridgehead atoms. The molecule has 67 heavy (non-hydrogen) atoms. The molecule has 6 heteroatoms. The van der Waals surface area contributed by atoms with Crippen LogP contribution in [-0.2, 0) is 5.41 Å². The fourth-order valence-electron chi connectivity index (χ4n) is 9.49. The largest absolute Gasteiger partial charge is 0.457 e. The summed E-state index contributed by atoms with van der Waals surface area (Å²) < 4.78 is 104. The second-order valence-electron chi connectivity index (χ2n) is 18.3. The molecule has 0 spiro atoms. The van der Waals surface area contributed by atoms with Crippen molar-refractivity contribution < 1.29 is 22.9 Å². The van der Waals surface area contributed by atoms with Crippen molar-refractivity contribution in [2.24, 2.45) is 0 Å². The van der Waals surface area contributed by atoms with Gasteiger partial charge in [0.25, 0.3) is 0 Å². The third-order valence-electron chi connectivity index (χ3n) is 12.8. The van der Waals surface area contributed by atoms with Crippen molar-refractivity contribution in [3.05, 3.63) is 205 Å². The van der Waals surface area contributed by atoms with E-state index in [4.69, 9.17) is 22.4 Å². The molecule has 3 aromatic heterocycles. The maximum absolute atomic E-state index is 9.24. The van der Waals surface area contributed by atoms with Gasteiger partial charge in [-0.05, 0) is 112 Å². The van der Waals surface area contributed by atoms with Crippen LogP contribution in [0.1, 0.15) is 65.4 Å². The average molecular weight is 881 g/mol. The second-order valence-corrected chi connectivity index (χ2v) is 18.3. The van der Waals surface area contributed by atoms with Crippen LogP contribution in [0.5, 0.6) is 11.5 Å². The van der Waals surface area contributed by atoms with Gasteiger partial charge in [0.1, 0.15) is 35.2 Å². The van der Waals surface area contributed by atoms with Gasteiger partial charge in [0, 0.05) is 51.3 Å². The molecule has 6 nitrogen and oxygen atoms in total. The summed E-state index contributed by atoms with van der Waals surface area (Å²) in [6.07, 6.45) is 1.85. The highest BCUT2D eigenvalue weighted by molar-refractivity contribution is 6.24. The summed E-state index contributed by atoms with van der Waals surface area (Å²) in [6.45, 7) is 10.5. The Balaban J connectivity index is 1.01. The van der Waals surface area contributed by atoms with Gasteiger partial charge in [-0.25, -0.2) is 4.98 Å². The first kappa shape index (κ1) is 30.9. The highest BCUT2D eigenvalue weighted by Crippen LogP contribution is 2.51. The summed E-state index contributed by atoms with van der Waals surface area (Å²) in [5.74, 6) is 1.68. The summed E-state index contributed by atoms with van der Waals surface area (Å²) in [5, 5.41) is 3.99. The van der Waals surface area contributed by atoms with Crippen LogP contribution in [0, 0.1) is 0 Å². The predicted octanol–water partition coefficient (Wildman–Crippen LogP) is 16.9. The Morgan fingerprint density at radius 2 is 1.30 bits per heavy atom. The molecule has 11 aromatic rings. The van der Waals surface area contributed by atoms with E-state index < -0.39 is 60.4 Å². The van der Waals surface area contributed by atoms with Crippen molar-refractivity contribution in [3.63, 3.8) is 0 Å². The Kier molecular flexibility index (Phi) is 7.30. The Morgan fingerprint density at radius 3 is 2.01 bits per heavy atom. The lowest BCUT2D eigenvalue weighted by Gasteiger charge is -2.28. The number of anilines is 4. The zero-order valence-electron chi connectivity index (χ0n) is 47.6. The highest BCUT2D eigenvalue weighted by atomic mass is 16.5. The van der Waals surface area contributed by atoms with Gasteiger partial charge in [-0.2, -0.15) is 0 Å². The summed E-state index contributed by atoms with van der Waals surface area (Å²) in [6, 6.07) is 36.5.